The van der Waals surface area contributed by atoms with E-state index in [9.17, 15) is 4.79 Å². The van der Waals surface area contributed by atoms with Gasteiger partial charge in [-0.15, -0.1) is 0 Å². The minimum absolute atomic E-state index is 0.0528. The van der Waals surface area contributed by atoms with E-state index in [-0.39, 0.29) is 5.78 Å². The van der Waals surface area contributed by atoms with E-state index in [0.29, 0.717) is 11.3 Å². The highest BCUT2D eigenvalue weighted by molar-refractivity contribution is 6.09. The van der Waals surface area contributed by atoms with Crippen LogP contribution in [-0.4, -0.2) is 5.78 Å². The van der Waals surface area contributed by atoms with E-state index >= 15 is 0 Å². The van der Waals surface area contributed by atoms with Gasteiger partial charge in [0.15, 0.2) is 5.78 Å². The number of hydrogen-bond acceptors (Lipinski definition) is 2. The second-order valence-corrected chi connectivity index (χ2v) is 4.79. The summed E-state index contributed by atoms with van der Waals surface area (Å²) in [5.41, 5.74) is 10.5. The maximum atomic E-state index is 12.3. The van der Waals surface area contributed by atoms with E-state index in [1.165, 1.54) is 17.5 Å². The summed E-state index contributed by atoms with van der Waals surface area (Å²) in [5, 5.41) is 0. The van der Waals surface area contributed by atoms with E-state index in [1.54, 1.807) is 12.1 Å². The van der Waals surface area contributed by atoms with Gasteiger partial charge in [0.05, 0.1) is 0 Å². The molecule has 3 rings (SSSR count). The third kappa shape index (κ3) is 1.90. The molecular formula is C16H15NO. The zero-order valence-electron chi connectivity index (χ0n) is 10.1. The molecule has 0 heterocycles. The van der Waals surface area contributed by atoms with Gasteiger partial charge in [0.25, 0.3) is 0 Å². The van der Waals surface area contributed by atoms with Gasteiger partial charge in [0, 0.05) is 16.8 Å². The third-order valence-corrected chi connectivity index (χ3v) is 3.51. The van der Waals surface area contributed by atoms with Crippen LogP contribution in [0.1, 0.15) is 33.5 Å². The van der Waals surface area contributed by atoms with Crippen molar-refractivity contribution in [1.29, 1.82) is 0 Å². The predicted molar refractivity (Wildman–Crippen MR) is 72.8 cm³/mol. The number of carbonyl (C=O) groups excluding carboxylic acids is 1. The molecule has 0 aromatic heterocycles. The van der Waals surface area contributed by atoms with E-state index in [0.717, 1.165) is 18.4 Å². The molecule has 2 aromatic rings. The van der Waals surface area contributed by atoms with Gasteiger partial charge in [-0.3, -0.25) is 4.79 Å². The standard InChI is InChI=1S/C16H15NO/c17-15-6-2-5-13(10-15)16(18)14-8-7-11-3-1-4-12(11)9-14/h2,5-10H,1,3-4,17H2. The fourth-order valence-corrected chi connectivity index (χ4v) is 2.56. The Morgan fingerprint density at radius 1 is 0.944 bits per heavy atom. The molecule has 18 heavy (non-hydrogen) atoms. The van der Waals surface area contributed by atoms with Gasteiger partial charge < -0.3 is 5.73 Å². The minimum Gasteiger partial charge on any atom is -0.399 e. The molecule has 0 saturated heterocycles. The number of benzene rings is 2. The number of hydrogen-bond donors (Lipinski definition) is 1. The molecule has 0 amide bonds. The first-order valence-corrected chi connectivity index (χ1v) is 6.26. The highest BCUT2D eigenvalue weighted by Gasteiger charge is 2.15. The number of nitrogens with two attached hydrogens (primary N) is 1. The zero-order valence-corrected chi connectivity index (χ0v) is 10.1. The summed E-state index contributed by atoms with van der Waals surface area (Å²) in [7, 11) is 0. The van der Waals surface area contributed by atoms with Gasteiger partial charge in [-0.05, 0) is 48.6 Å². The van der Waals surface area contributed by atoms with Crippen molar-refractivity contribution in [2.45, 2.75) is 19.3 Å². The molecule has 0 aliphatic heterocycles. The Morgan fingerprint density at radius 3 is 2.56 bits per heavy atom. The largest absolute Gasteiger partial charge is 0.399 e. The minimum atomic E-state index is 0.0528. The highest BCUT2D eigenvalue weighted by atomic mass is 16.1. The predicted octanol–water partition coefficient (Wildman–Crippen LogP) is 2.99. The number of aryl methyl sites for hydroxylation is 2. The smallest absolute Gasteiger partial charge is 0.193 e. The second-order valence-electron chi connectivity index (χ2n) is 4.79. The van der Waals surface area contributed by atoms with Crippen LogP contribution in [0.2, 0.25) is 0 Å². The quantitative estimate of drug-likeness (QED) is 0.644. The lowest BCUT2D eigenvalue weighted by atomic mass is 9.99. The summed E-state index contributed by atoms with van der Waals surface area (Å²) in [5.74, 6) is 0.0528. The molecule has 0 bridgehead atoms. The van der Waals surface area contributed by atoms with Crippen molar-refractivity contribution >= 4 is 11.5 Å². The highest BCUT2D eigenvalue weighted by Crippen LogP contribution is 2.24. The molecule has 0 unspecified atom stereocenters. The van der Waals surface area contributed by atoms with Gasteiger partial charge in [0.2, 0.25) is 0 Å². The Morgan fingerprint density at radius 2 is 1.72 bits per heavy atom. The van der Waals surface area contributed by atoms with Gasteiger partial charge >= 0.3 is 0 Å². The lowest BCUT2D eigenvalue weighted by Gasteiger charge is -2.05. The van der Waals surface area contributed by atoms with E-state index < -0.39 is 0 Å². The summed E-state index contributed by atoms with van der Waals surface area (Å²) in [4.78, 5) is 12.3. The van der Waals surface area contributed by atoms with Crippen LogP contribution >= 0.6 is 0 Å². The number of fused-ring (bicyclic) bond motifs is 1. The molecule has 2 aromatic carbocycles. The number of ketones is 1. The fraction of sp³-hybridized carbons (Fsp3) is 0.188. The van der Waals surface area contributed by atoms with Gasteiger partial charge in [0.1, 0.15) is 0 Å². The van der Waals surface area contributed by atoms with Gasteiger partial charge in [-0.1, -0.05) is 24.3 Å². The van der Waals surface area contributed by atoms with E-state index in [2.05, 4.69) is 6.07 Å². The third-order valence-electron chi connectivity index (χ3n) is 3.51. The van der Waals surface area contributed by atoms with Crippen LogP contribution in [-0.2, 0) is 12.8 Å². The molecule has 0 saturated carbocycles. The molecule has 1 aliphatic carbocycles. The van der Waals surface area contributed by atoms with Crippen molar-refractivity contribution in [1.82, 2.24) is 0 Å². The molecular weight excluding hydrogens is 222 g/mol. The van der Waals surface area contributed by atoms with Crippen LogP contribution in [0, 0.1) is 0 Å². The summed E-state index contributed by atoms with van der Waals surface area (Å²) < 4.78 is 0. The molecule has 0 radical (unpaired) electrons. The lowest BCUT2D eigenvalue weighted by molar-refractivity contribution is 0.103. The Kier molecular flexibility index (Phi) is 2.63. The van der Waals surface area contributed by atoms with Crippen LogP contribution in [0.25, 0.3) is 0 Å². The average molecular weight is 237 g/mol. The first-order valence-electron chi connectivity index (χ1n) is 6.26. The van der Waals surface area contributed by atoms with E-state index in [4.69, 9.17) is 5.73 Å². The number of carbonyl (C=O) groups is 1. The van der Waals surface area contributed by atoms with Crippen LogP contribution in [0.5, 0.6) is 0 Å². The van der Waals surface area contributed by atoms with Crippen LogP contribution in [0.4, 0.5) is 5.69 Å². The second kappa shape index (κ2) is 4.30. The molecule has 2 nitrogen and oxygen atoms in total. The van der Waals surface area contributed by atoms with Crippen molar-refractivity contribution in [3.05, 3.63) is 64.7 Å². The number of nitrogen functional groups attached to an aromatic ring is 1. The van der Waals surface area contributed by atoms with Gasteiger partial charge in [-0.25, -0.2) is 0 Å². The van der Waals surface area contributed by atoms with Crippen LogP contribution in [0.3, 0.4) is 0 Å². The van der Waals surface area contributed by atoms with Gasteiger partial charge in [-0.2, -0.15) is 0 Å². The van der Waals surface area contributed by atoms with Crippen molar-refractivity contribution < 1.29 is 4.79 Å². The molecule has 2 N–H and O–H groups in total. The van der Waals surface area contributed by atoms with Crippen molar-refractivity contribution in [3.8, 4) is 0 Å². The Labute approximate surface area is 106 Å². The summed E-state index contributed by atoms with van der Waals surface area (Å²) in [6.45, 7) is 0. The monoisotopic (exact) mass is 237 g/mol. The average Bonchev–Trinajstić information content (AvgIpc) is 2.85. The number of rotatable bonds is 2. The summed E-state index contributed by atoms with van der Waals surface area (Å²) in [6, 6.07) is 13.2. The molecule has 1 aliphatic rings. The van der Waals surface area contributed by atoms with Crippen molar-refractivity contribution in [3.63, 3.8) is 0 Å². The van der Waals surface area contributed by atoms with Crippen LogP contribution in [0.15, 0.2) is 42.5 Å². The fourth-order valence-electron chi connectivity index (χ4n) is 2.56. The Hall–Kier alpha value is -2.09. The molecule has 0 atom stereocenters. The maximum absolute atomic E-state index is 12.3. The Bertz CT molecular complexity index is 616. The van der Waals surface area contributed by atoms with Crippen molar-refractivity contribution in [2.75, 3.05) is 5.73 Å². The topological polar surface area (TPSA) is 43.1 Å². The Balaban J connectivity index is 1.98. The molecule has 90 valence electrons. The first kappa shape index (κ1) is 11.0. The maximum Gasteiger partial charge on any atom is 0.193 e. The van der Waals surface area contributed by atoms with Crippen LogP contribution < -0.4 is 5.73 Å². The van der Waals surface area contributed by atoms with Crippen molar-refractivity contribution in [2.24, 2.45) is 0 Å². The first-order chi connectivity index (χ1) is 8.74. The lowest BCUT2D eigenvalue weighted by Crippen LogP contribution is -2.03. The molecule has 0 fully saturated rings. The zero-order chi connectivity index (χ0) is 12.5. The van der Waals surface area contributed by atoms with E-state index in [1.807, 2.05) is 24.3 Å². The number of anilines is 1. The SMILES string of the molecule is Nc1cccc(C(=O)c2ccc3c(c2)CCC3)c1. The molecule has 0 spiro atoms. The normalized spacial score (nSPS) is 13.3. The molecule has 2 heteroatoms. The summed E-state index contributed by atoms with van der Waals surface area (Å²) >= 11 is 0. The summed E-state index contributed by atoms with van der Waals surface area (Å²) in [6.07, 6.45) is 3.43.